The molecule has 3 atom stereocenters. The van der Waals surface area contributed by atoms with E-state index in [1.165, 1.54) is 72.1 Å². The molecule has 4 aliphatic rings. The predicted molar refractivity (Wildman–Crippen MR) is 245 cm³/mol. The van der Waals surface area contributed by atoms with Crippen molar-refractivity contribution in [1.29, 1.82) is 0 Å². The Kier molecular flexibility index (Phi) is 17.4. The lowest BCUT2D eigenvalue weighted by molar-refractivity contribution is -0.137. The molecule has 4 aromatic rings. The fourth-order valence-corrected chi connectivity index (χ4v) is 8.60. The molecule has 3 unspecified atom stereocenters. The van der Waals surface area contributed by atoms with Crippen molar-refractivity contribution < 1.29 is 42.5 Å². The molecule has 1 saturated carbocycles. The molecule has 356 valence electrons. The van der Waals surface area contributed by atoms with Crippen molar-refractivity contribution in [2.45, 2.75) is 101 Å². The number of benzene rings is 1. The number of carboxylic acid groups (broad SMARTS) is 1. The lowest BCUT2D eigenvalue weighted by Crippen LogP contribution is -2.45. The Bertz CT molecular complexity index is 2340. The monoisotopic (exact) mass is 917 g/mol. The minimum Gasteiger partial charge on any atom is -0.481 e. The van der Waals surface area contributed by atoms with Crippen LogP contribution in [0.5, 0.6) is 0 Å². The van der Waals surface area contributed by atoms with E-state index in [1.807, 2.05) is 12.1 Å². The third kappa shape index (κ3) is 12.8. The second kappa shape index (κ2) is 23.3. The summed E-state index contributed by atoms with van der Waals surface area (Å²) in [4.78, 5) is 59.6. The Morgan fingerprint density at radius 3 is 2.39 bits per heavy atom. The second-order valence-electron chi connectivity index (χ2n) is 17.1. The first kappa shape index (κ1) is 49.3. The van der Waals surface area contributed by atoms with Gasteiger partial charge in [-0.1, -0.05) is 56.4 Å². The average Bonchev–Trinajstić information content (AvgIpc) is 4.12. The van der Waals surface area contributed by atoms with Gasteiger partial charge in [-0.05, 0) is 50.9 Å². The molecule has 4 N–H and O–H groups in total. The number of aryl methyl sites for hydroxylation is 1. The Hall–Kier alpha value is -6.17. The van der Waals surface area contributed by atoms with Crippen LogP contribution in [0.3, 0.4) is 0 Å². The van der Waals surface area contributed by atoms with E-state index in [4.69, 9.17) is 20.3 Å². The quantitative estimate of drug-likeness (QED) is 0.114. The number of amides is 3. The Morgan fingerprint density at radius 1 is 1.09 bits per heavy atom. The first-order valence-electron chi connectivity index (χ1n) is 22.4. The molecule has 66 heavy (non-hydrogen) atoms. The maximum absolute atomic E-state index is 13.1. The number of alkyl halides is 2. The largest absolute Gasteiger partial charge is 0.481 e. The first-order chi connectivity index (χ1) is 31.7. The number of halogens is 2. The summed E-state index contributed by atoms with van der Waals surface area (Å²) < 4.78 is 40.4. The Morgan fingerprint density at radius 2 is 1.80 bits per heavy atom. The average molecular weight is 918 g/mol. The van der Waals surface area contributed by atoms with Gasteiger partial charge in [0.15, 0.2) is 11.3 Å². The number of carboxylic acids is 1. The molecule has 20 heteroatoms. The lowest BCUT2D eigenvalue weighted by Gasteiger charge is -2.30. The molecule has 3 aliphatic heterocycles. The summed E-state index contributed by atoms with van der Waals surface area (Å²) >= 11 is 0. The molecule has 1 aromatic carbocycles. The van der Waals surface area contributed by atoms with Crippen LogP contribution in [0, 0.1) is 11.8 Å². The molecule has 3 aromatic heterocycles. The molecule has 0 radical (unpaired) electrons. The van der Waals surface area contributed by atoms with Crippen LogP contribution in [0.15, 0.2) is 42.9 Å². The van der Waals surface area contributed by atoms with Crippen molar-refractivity contribution in [2.75, 3.05) is 74.0 Å². The first-order valence-corrected chi connectivity index (χ1v) is 22.4. The molecule has 1 aliphatic carbocycles. The SMILES string of the molecule is C1CCCCC1.CN1CCC(OCC#Cc2cccc(N(C=O)C(CCC(=O)O)C(N)=O)c2N(C)C)CC1.Cn1cc(NC(=O)c2cnn3ccc(N4CC5CC4CO5)nc23)c(C(F)F)n1. The number of piperidine rings is 1. The highest BCUT2D eigenvalue weighted by Crippen LogP contribution is 2.34. The van der Waals surface area contributed by atoms with Crippen LogP contribution < -0.4 is 25.8 Å². The molecular formula is C46H61F2N11O7. The number of aromatic nitrogens is 5. The highest BCUT2D eigenvalue weighted by Gasteiger charge is 2.40. The highest BCUT2D eigenvalue weighted by molar-refractivity contribution is 6.08. The van der Waals surface area contributed by atoms with Crippen LogP contribution in [-0.2, 0) is 30.9 Å². The van der Waals surface area contributed by atoms with E-state index in [9.17, 15) is 28.0 Å². The fourth-order valence-electron chi connectivity index (χ4n) is 8.60. The van der Waals surface area contributed by atoms with Gasteiger partial charge in [0.2, 0.25) is 12.3 Å². The van der Waals surface area contributed by atoms with Crippen molar-refractivity contribution in [2.24, 2.45) is 12.8 Å². The Balaban J connectivity index is 0.000000194. The molecule has 4 fully saturated rings. The number of nitrogens with two attached hydrogens (primary N) is 1. The van der Waals surface area contributed by atoms with Crippen LogP contribution in [0.25, 0.3) is 5.65 Å². The van der Waals surface area contributed by atoms with Gasteiger partial charge in [-0.15, -0.1) is 0 Å². The molecule has 2 bridgehead atoms. The van der Waals surface area contributed by atoms with Gasteiger partial charge in [0.1, 0.15) is 24.0 Å². The molecule has 0 spiro atoms. The summed E-state index contributed by atoms with van der Waals surface area (Å²) in [5.41, 5.74) is 7.26. The summed E-state index contributed by atoms with van der Waals surface area (Å²) in [6.07, 6.45) is 14.1. The van der Waals surface area contributed by atoms with E-state index in [2.05, 4.69) is 49.2 Å². The number of rotatable bonds is 14. The number of aliphatic carboxylic acids is 1. The number of ether oxygens (including phenoxy) is 2. The number of para-hydroxylation sites is 1. The number of hydrogen-bond acceptors (Lipinski definition) is 12. The number of primary amides is 1. The zero-order chi connectivity index (χ0) is 47.3. The van der Waals surface area contributed by atoms with Crippen LogP contribution in [0.2, 0.25) is 0 Å². The smallest absolute Gasteiger partial charge is 0.303 e. The van der Waals surface area contributed by atoms with Gasteiger partial charge in [-0.3, -0.25) is 23.9 Å². The zero-order valence-electron chi connectivity index (χ0n) is 38.1. The van der Waals surface area contributed by atoms with Crippen LogP contribution in [-0.4, -0.2) is 137 Å². The van der Waals surface area contributed by atoms with Crippen LogP contribution >= 0.6 is 0 Å². The number of hydrogen-bond donors (Lipinski definition) is 3. The topological polar surface area (TPSA) is 206 Å². The van der Waals surface area contributed by atoms with Gasteiger partial charge in [0, 0.05) is 59.6 Å². The zero-order valence-corrected chi connectivity index (χ0v) is 38.1. The number of anilines is 4. The van der Waals surface area contributed by atoms with E-state index in [1.54, 1.807) is 37.3 Å². The molecule has 18 nitrogen and oxygen atoms in total. The van der Waals surface area contributed by atoms with Gasteiger partial charge in [0.25, 0.3) is 12.3 Å². The predicted octanol–water partition coefficient (Wildman–Crippen LogP) is 4.87. The van der Waals surface area contributed by atoms with Crippen molar-refractivity contribution in [3.63, 3.8) is 0 Å². The van der Waals surface area contributed by atoms with Gasteiger partial charge < -0.3 is 45.2 Å². The van der Waals surface area contributed by atoms with E-state index in [0.717, 1.165) is 44.7 Å². The highest BCUT2D eigenvalue weighted by atomic mass is 19.3. The summed E-state index contributed by atoms with van der Waals surface area (Å²) in [5.74, 6) is 4.48. The number of morpholine rings is 1. The Labute approximate surface area is 383 Å². The summed E-state index contributed by atoms with van der Waals surface area (Å²) in [7, 11) is 7.22. The number of carbonyl (C=O) groups excluding carboxylic acids is 3. The van der Waals surface area contributed by atoms with Gasteiger partial charge >= 0.3 is 5.97 Å². The minimum atomic E-state index is -2.79. The molecule has 6 heterocycles. The fraction of sp³-hybridized carbons (Fsp3) is 0.543. The number of fused-ring (bicyclic) bond motifs is 3. The molecular weight excluding hydrogens is 857 g/mol. The number of likely N-dealkylation sites (tertiary alicyclic amines) is 1. The van der Waals surface area contributed by atoms with E-state index < -0.39 is 35.9 Å². The van der Waals surface area contributed by atoms with Crippen molar-refractivity contribution in [1.82, 2.24) is 29.3 Å². The maximum atomic E-state index is 13.1. The summed E-state index contributed by atoms with van der Waals surface area (Å²) in [6, 6.07) is 6.28. The second-order valence-corrected chi connectivity index (χ2v) is 17.1. The van der Waals surface area contributed by atoms with E-state index in [-0.39, 0.29) is 42.3 Å². The van der Waals surface area contributed by atoms with Crippen LogP contribution in [0.1, 0.15) is 98.7 Å². The minimum absolute atomic E-state index is 0.0352. The molecule has 3 saturated heterocycles. The third-order valence-electron chi connectivity index (χ3n) is 12.0. The van der Waals surface area contributed by atoms with Gasteiger partial charge in [-0.2, -0.15) is 10.2 Å². The molecule has 3 amide bonds. The number of carbonyl (C=O) groups is 4. The van der Waals surface area contributed by atoms with E-state index in [0.29, 0.717) is 42.2 Å². The number of nitrogens with one attached hydrogen (secondary N) is 1. The van der Waals surface area contributed by atoms with Crippen molar-refractivity contribution in [3.8, 4) is 11.8 Å². The normalized spacial score (nSPS) is 18.6. The van der Waals surface area contributed by atoms with Crippen LogP contribution in [0.4, 0.5) is 31.7 Å². The lowest BCUT2D eigenvalue weighted by atomic mass is 10.0. The van der Waals surface area contributed by atoms with E-state index >= 15 is 0 Å². The third-order valence-corrected chi connectivity index (χ3v) is 12.0. The molecule has 8 rings (SSSR count). The standard InChI is InChI=1S/C23H32N4O5.C17H17F2N7O2.C6H12/c1-25(2)22-17(7-5-15-32-18-11-13-26(3)14-12-18)6-4-8-19(22)27(16-28)20(23(24)31)9-10-21(29)30;1-24-7-12(14(23-24)15(18)19)21-17(27)11-5-20-26-3-2-13(22-16(11)26)25-6-10-4-9(25)8-28-10;1-2-4-6-5-3-1/h4,6,8,16,18,20H,9-15H2,1-3H3,(H2,24,31)(H,29,30);2-3,5,7,9-10,15H,4,6,8H2,1H3,(H,21,27);1-6H2. The summed E-state index contributed by atoms with van der Waals surface area (Å²) in [6.45, 7) is 3.74. The maximum Gasteiger partial charge on any atom is 0.303 e. The summed E-state index contributed by atoms with van der Waals surface area (Å²) in [5, 5.41) is 19.3. The van der Waals surface area contributed by atoms with Crippen molar-refractivity contribution >= 4 is 52.7 Å². The number of nitrogens with zero attached hydrogens (tertiary/aromatic N) is 9. The van der Waals surface area contributed by atoms with Gasteiger partial charge in [0.05, 0.1) is 53.7 Å². The van der Waals surface area contributed by atoms with Gasteiger partial charge in [-0.25, -0.2) is 18.3 Å². The van der Waals surface area contributed by atoms with Crippen molar-refractivity contribution in [3.05, 3.63) is 59.7 Å².